The first kappa shape index (κ1) is 42.7. The van der Waals surface area contributed by atoms with Crippen LogP contribution in [0.25, 0.3) is 22.3 Å². The minimum absolute atomic E-state index is 0.0184. The van der Waals surface area contributed by atoms with Crippen LogP contribution in [-0.4, -0.2) is 157 Å². The number of aliphatic hydroxyl groups excluding tert-OH is 9. The van der Waals surface area contributed by atoms with Crippen molar-refractivity contribution in [3.8, 4) is 34.3 Å². The molecule has 3 aliphatic heterocycles. The van der Waals surface area contributed by atoms with Crippen LogP contribution in [0.1, 0.15) is 26.3 Å². The van der Waals surface area contributed by atoms with Crippen LogP contribution in [-0.2, 0) is 25.4 Å². The highest BCUT2D eigenvalue weighted by Crippen LogP contribution is 2.42. The molecule has 14 atom stereocenters. The molecule has 0 aliphatic carbocycles. The SMILES string of the molecule is COc1ccc(-c2oc3c(CC=C(C)C)c(O[C@H]4O[C@@H](CO)[C@H](O)[C@H](O)[C@@H]4O)cc(O)c3c(=O)c2O[C@H]2O[C@@H](C)[C@H](O)[C@H](O)[C@@H]2O[C@H]2OC[C@H](O)[C@H](O)[C@@H]2O)cc1. The zero-order valence-electron chi connectivity index (χ0n) is 31.3. The van der Waals surface area contributed by atoms with Gasteiger partial charge in [-0.15, -0.1) is 0 Å². The summed E-state index contributed by atoms with van der Waals surface area (Å²) >= 11 is 0. The Morgan fingerprint density at radius 2 is 1.53 bits per heavy atom. The normalized spacial score (nSPS) is 34.5. The maximum absolute atomic E-state index is 14.7. The van der Waals surface area contributed by atoms with Crippen molar-refractivity contribution in [2.75, 3.05) is 20.3 Å². The number of phenols is 1. The summed E-state index contributed by atoms with van der Waals surface area (Å²) in [5.41, 5.74) is 0.0639. The second-order valence-corrected chi connectivity index (χ2v) is 14.4. The van der Waals surface area contributed by atoms with Crippen LogP contribution in [0.2, 0.25) is 0 Å². The van der Waals surface area contributed by atoms with Gasteiger partial charge in [-0.3, -0.25) is 4.79 Å². The van der Waals surface area contributed by atoms with Crippen molar-refractivity contribution in [3.05, 3.63) is 57.8 Å². The standard InChI is InChI=1S/C38H48O19/c1-14(2)5-10-18-21(53-37-31(49)28(46)26(44)22(12-39)54-37)11-19(40)23-27(45)34(32(55-33(18)23)16-6-8-17(50-4)9-7-16)56-38-35(29(47)24(42)15(3)52-38)57-36-30(48)25(43)20(41)13-51-36/h5-9,11,15,20,22,24-26,28-31,35-44,46-49H,10,12-13H2,1-4H3/t15-,20-,22-,24-,25-,26-,28-,29-,30-,31-,35-,36+,37-,38+/m0/s1. The zero-order valence-corrected chi connectivity index (χ0v) is 31.3. The molecule has 3 fully saturated rings. The second-order valence-electron chi connectivity index (χ2n) is 14.4. The number of allylic oxidation sites excluding steroid dienone is 2. The molecule has 0 spiro atoms. The fraction of sp³-hybridized carbons (Fsp3) is 0.553. The predicted octanol–water partition coefficient (Wildman–Crippen LogP) is -1.47. The summed E-state index contributed by atoms with van der Waals surface area (Å²) in [6.07, 6.45) is -21.0. The lowest BCUT2D eigenvalue weighted by Crippen LogP contribution is -2.62. The van der Waals surface area contributed by atoms with Crippen molar-refractivity contribution in [3.63, 3.8) is 0 Å². The first-order valence-corrected chi connectivity index (χ1v) is 18.2. The third-order valence-corrected chi connectivity index (χ3v) is 10.1. The summed E-state index contributed by atoms with van der Waals surface area (Å²) in [6, 6.07) is 7.26. The summed E-state index contributed by atoms with van der Waals surface area (Å²) in [5, 5.41) is 105. The highest BCUT2D eigenvalue weighted by molar-refractivity contribution is 5.91. The van der Waals surface area contributed by atoms with Crippen LogP contribution in [0.5, 0.6) is 23.0 Å². The van der Waals surface area contributed by atoms with Crippen LogP contribution < -0.4 is 19.6 Å². The Bertz CT molecular complexity index is 1940. The fourth-order valence-corrected chi connectivity index (χ4v) is 6.71. The number of aliphatic hydroxyl groups is 9. The molecule has 1 aromatic heterocycles. The van der Waals surface area contributed by atoms with Gasteiger partial charge in [0.2, 0.25) is 23.8 Å². The van der Waals surface area contributed by atoms with Crippen molar-refractivity contribution in [1.82, 2.24) is 0 Å². The molecule has 3 saturated heterocycles. The number of benzene rings is 2. The molecule has 19 nitrogen and oxygen atoms in total. The topological polar surface area (TPSA) is 297 Å². The summed E-state index contributed by atoms with van der Waals surface area (Å²) in [5.74, 6) is -1.21. The summed E-state index contributed by atoms with van der Waals surface area (Å²) in [6.45, 7) is 3.84. The van der Waals surface area contributed by atoms with E-state index in [0.29, 0.717) is 5.75 Å². The lowest BCUT2D eigenvalue weighted by Gasteiger charge is -2.44. The van der Waals surface area contributed by atoms with E-state index in [2.05, 4.69) is 0 Å². The van der Waals surface area contributed by atoms with E-state index in [9.17, 15) is 55.9 Å². The van der Waals surface area contributed by atoms with Crippen LogP contribution in [0.15, 0.2) is 51.2 Å². The number of aromatic hydroxyl groups is 1. The van der Waals surface area contributed by atoms with E-state index in [1.165, 1.54) is 26.2 Å². The lowest BCUT2D eigenvalue weighted by molar-refractivity contribution is -0.341. The van der Waals surface area contributed by atoms with Gasteiger partial charge in [-0.05, 0) is 51.5 Å². The number of hydrogen-bond acceptors (Lipinski definition) is 19. The Labute approximate surface area is 325 Å². The third kappa shape index (κ3) is 8.48. The molecule has 57 heavy (non-hydrogen) atoms. The molecule has 2 aromatic carbocycles. The van der Waals surface area contributed by atoms with Gasteiger partial charge in [0.25, 0.3) is 0 Å². The van der Waals surface area contributed by atoms with E-state index in [-0.39, 0.29) is 34.6 Å². The van der Waals surface area contributed by atoms with Gasteiger partial charge in [-0.1, -0.05) is 11.6 Å². The smallest absolute Gasteiger partial charge is 0.239 e. The van der Waals surface area contributed by atoms with Gasteiger partial charge in [0.05, 0.1) is 26.4 Å². The molecule has 0 bridgehead atoms. The zero-order chi connectivity index (χ0) is 41.5. The largest absolute Gasteiger partial charge is 0.507 e. The number of hydrogen-bond donors (Lipinski definition) is 10. The average Bonchev–Trinajstić information content (AvgIpc) is 3.19. The summed E-state index contributed by atoms with van der Waals surface area (Å²) in [7, 11) is 1.45. The average molecular weight is 809 g/mol. The van der Waals surface area contributed by atoms with E-state index in [1.54, 1.807) is 32.1 Å². The van der Waals surface area contributed by atoms with Gasteiger partial charge in [0, 0.05) is 17.2 Å². The molecule has 3 aliphatic rings. The van der Waals surface area contributed by atoms with Crippen LogP contribution in [0, 0.1) is 0 Å². The number of phenolic OH excluding ortho intramolecular Hbond substituents is 1. The first-order chi connectivity index (χ1) is 27.1. The van der Waals surface area contributed by atoms with Gasteiger partial charge in [-0.2, -0.15) is 0 Å². The number of methoxy groups -OCH3 is 1. The van der Waals surface area contributed by atoms with Crippen molar-refractivity contribution >= 4 is 11.0 Å². The van der Waals surface area contributed by atoms with E-state index < -0.39 is 122 Å². The van der Waals surface area contributed by atoms with E-state index in [0.717, 1.165) is 11.6 Å². The maximum Gasteiger partial charge on any atom is 0.239 e. The fourth-order valence-electron chi connectivity index (χ4n) is 6.71. The van der Waals surface area contributed by atoms with Gasteiger partial charge < -0.3 is 88.6 Å². The Morgan fingerprint density at radius 1 is 0.842 bits per heavy atom. The maximum atomic E-state index is 14.7. The molecule has 3 aromatic rings. The van der Waals surface area contributed by atoms with Crippen molar-refractivity contribution in [1.29, 1.82) is 0 Å². The highest BCUT2D eigenvalue weighted by Gasteiger charge is 2.50. The monoisotopic (exact) mass is 808 g/mol. The molecule has 4 heterocycles. The number of rotatable bonds is 11. The van der Waals surface area contributed by atoms with E-state index >= 15 is 0 Å². The summed E-state index contributed by atoms with van der Waals surface area (Å²) < 4.78 is 46.5. The second kappa shape index (κ2) is 17.5. The molecular weight excluding hydrogens is 760 g/mol. The quantitative estimate of drug-likeness (QED) is 0.0990. The Hall–Kier alpha value is -3.93. The third-order valence-electron chi connectivity index (χ3n) is 10.1. The molecule has 0 saturated carbocycles. The number of fused-ring (bicyclic) bond motifs is 1. The van der Waals surface area contributed by atoms with E-state index in [1.807, 2.05) is 0 Å². The number of ether oxygens (including phenoxy) is 7. The molecule has 0 radical (unpaired) electrons. The van der Waals surface area contributed by atoms with Crippen molar-refractivity contribution < 1.29 is 88.6 Å². The van der Waals surface area contributed by atoms with E-state index in [4.69, 9.17) is 37.6 Å². The van der Waals surface area contributed by atoms with Crippen LogP contribution in [0.3, 0.4) is 0 Å². The van der Waals surface area contributed by atoms with Gasteiger partial charge in [0.1, 0.15) is 83.2 Å². The highest BCUT2D eigenvalue weighted by atomic mass is 16.8. The molecule has 10 N–H and O–H groups in total. The van der Waals surface area contributed by atoms with Crippen LogP contribution >= 0.6 is 0 Å². The molecule has 19 heteroatoms. The summed E-state index contributed by atoms with van der Waals surface area (Å²) in [4.78, 5) is 14.7. The Kier molecular flexibility index (Phi) is 13.1. The minimum atomic E-state index is -1.81. The molecule has 0 amide bonds. The van der Waals surface area contributed by atoms with Gasteiger partial charge in [-0.25, -0.2) is 0 Å². The molecular formula is C38H48O19. The Balaban J connectivity index is 1.50. The van der Waals surface area contributed by atoms with Crippen molar-refractivity contribution in [2.24, 2.45) is 0 Å². The Morgan fingerprint density at radius 3 is 2.18 bits per heavy atom. The van der Waals surface area contributed by atoms with Gasteiger partial charge >= 0.3 is 0 Å². The first-order valence-electron chi connectivity index (χ1n) is 18.2. The molecule has 314 valence electrons. The lowest BCUT2D eigenvalue weighted by atomic mass is 9.98. The minimum Gasteiger partial charge on any atom is -0.507 e. The molecule has 6 rings (SSSR count). The van der Waals surface area contributed by atoms with Gasteiger partial charge in [0.15, 0.2) is 18.2 Å². The predicted molar refractivity (Wildman–Crippen MR) is 193 cm³/mol. The van der Waals surface area contributed by atoms with Crippen molar-refractivity contribution in [2.45, 2.75) is 113 Å². The van der Waals surface area contributed by atoms with Crippen LogP contribution in [0.4, 0.5) is 0 Å². The molecule has 0 unspecified atom stereocenters.